The summed E-state index contributed by atoms with van der Waals surface area (Å²) in [5.41, 5.74) is 1.55. The number of Topliss-reactive ketones (excluding diaryl/α,β-unsaturated/α-hetero) is 1. The second kappa shape index (κ2) is 7.42. The fourth-order valence-corrected chi connectivity index (χ4v) is 4.70. The molecule has 0 saturated heterocycles. The fourth-order valence-electron chi connectivity index (χ4n) is 4.70. The molecule has 0 aliphatic heterocycles. The summed E-state index contributed by atoms with van der Waals surface area (Å²) < 4.78 is 0. The Kier molecular flexibility index (Phi) is 5.32. The van der Waals surface area contributed by atoms with Crippen molar-refractivity contribution in [3.8, 4) is 0 Å². The minimum Gasteiger partial charge on any atom is -0.299 e. The molecule has 3 rings (SSSR count). The van der Waals surface area contributed by atoms with Gasteiger partial charge < -0.3 is 0 Å². The zero-order valence-corrected chi connectivity index (χ0v) is 13.4. The fraction of sp³-hybridized carbons (Fsp3) is 0.750. The summed E-state index contributed by atoms with van der Waals surface area (Å²) in [6.45, 7) is 0. The second-order valence-electron chi connectivity index (χ2n) is 7.45. The van der Waals surface area contributed by atoms with Gasteiger partial charge in [0.1, 0.15) is 5.78 Å². The standard InChI is InChI=1S/C20H30O/c21-20(12-6-3-9-16-7-1-2-8-16)19-14-13-17-10-4-5-11-18(17)15-19/h1-2,7,17-19H,3-6,8-15H2. The third-order valence-electron chi connectivity index (χ3n) is 6.01. The van der Waals surface area contributed by atoms with Crippen LogP contribution in [0, 0.1) is 17.8 Å². The van der Waals surface area contributed by atoms with Gasteiger partial charge in [-0.1, -0.05) is 49.5 Å². The van der Waals surface area contributed by atoms with Gasteiger partial charge in [0.2, 0.25) is 0 Å². The van der Waals surface area contributed by atoms with Gasteiger partial charge in [-0.15, -0.1) is 0 Å². The van der Waals surface area contributed by atoms with Crippen LogP contribution in [-0.2, 0) is 4.79 Å². The van der Waals surface area contributed by atoms with E-state index in [2.05, 4.69) is 18.2 Å². The van der Waals surface area contributed by atoms with Crippen LogP contribution in [0.3, 0.4) is 0 Å². The number of hydrogen-bond donors (Lipinski definition) is 0. The van der Waals surface area contributed by atoms with Crippen LogP contribution in [0.25, 0.3) is 0 Å². The lowest BCUT2D eigenvalue weighted by molar-refractivity contribution is -0.125. The van der Waals surface area contributed by atoms with E-state index in [1.165, 1.54) is 57.8 Å². The molecular formula is C20H30O. The van der Waals surface area contributed by atoms with Crippen molar-refractivity contribution >= 4 is 5.78 Å². The molecule has 0 bridgehead atoms. The quantitative estimate of drug-likeness (QED) is 0.580. The van der Waals surface area contributed by atoms with Gasteiger partial charge in [0.25, 0.3) is 0 Å². The van der Waals surface area contributed by atoms with Crippen molar-refractivity contribution in [2.75, 3.05) is 0 Å². The van der Waals surface area contributed by atoms with Gasteiger partial charge in [0.05, 0.1) is 0 Å². The molecule has 21 heavy (non-hydrogen) atoms. The molecular weight excluding hydrogens is 256 g/mol. The first kappa shape index (κ1) is 15.1. The first-order chi connectivity index (χ1) is 10.3. The summed E-state index contributed by atoms with van der Waals surface area (Å²) in [6, 6.07) is 0. The minimum atomic E-state index is 0.414. The van der Waals surface area contributed by atoms with E-state index >= 15 is 0 Å². The van der Waals surface area contributed by atoms with E-state index in [0.717, 1.165) is 31.1 Å². The van der Waals surface area contributed by atoms with E-state index in [4.69, 9.17) is 0 Å². The maximum atomic E-state index is 12.4. The Hall–Kier alpha value is -0.850. The molecule has 0 N–H and O–H groups in total. The van der Waals surface area contributed by atoms with E-state index in [-0.39, 0.29) is 0 Å². The van der Waals surface area contributed by atoms with Crippen LogP contribution in [0.5, 0.6) is 0 Å². The molecule has 0 heterocycles. The van der Waals surface area contributed by atoms with Crippen LogP contribution >= 0.6 is 0 Å². The van der Waals surface area contributed by atoms with E-state index in [1.807, 2.05) is 0 Å². The zero-order valence-electron chi connectivity index (χ0n) is 13.4. The van der Waals surface area contributed by atoms with Crippen molar-refractivity contribution < 1.29 is 4.79 Å². The van der Waals surface area contributed by atoms with Gasteiger partial charge in [0.15, 0.2) is 0 Å². The average Bonchev–Trinajstić information content (AvgIpc) is 3.04. The number of ketones is 1. The molecule has 1 nitrogen and oxygen atoms in total. The van der Waals surface area contributed by atoms with Crippen molar-refractivity contribution in [3.63, 3.8) is 0 Å². The number of allylic oxidation sites excluding steroid dienone is 4. The van der Waals surface area contributed by atoms with Crippen molar-refractivity contribution in [2.45, 2.75) is 77.0 Å². The maximum Gasteiger partial charge on any atom is 0.135 e. The Morgan fingerprint density at radius 2 is 1.90 bits per heavy atom. The summed E-state index contributed by atoms with van der Waals surface area (Å²) in [7, 11) is 0. The second-order valence-corrected chi connectivity index (χ2v) is 7.45. The molecule has 2 saturated carbocycles. The molecule has 0 aromatic heterocycles. The highest BCUT2D eigenvalue weighted by atomic mass is 16.1. The zero-order chi connectivity index (χ0) is 14.5. The Bertz CT molecular complexity index is 418. The summed E-state index contributed by atoms with van der Waals surface area (Å²) in [4.78, 5) is 12.4. The smallest absolute Gasteiger partial charge is 0.135 e. The Morgan fingerprint density at radius 3 is 2.71 bits per heavy atom. The Balaban J connectivity index is 1.35. The van der Waals surface area contributed by atoms with Crippen LogP contribution in [0.4, 0.5) is 0 Å². The van der Waals surface area contributed by atoms with Gasteiger partial charge >= 0.3 is 0 Å². The Morgan fingerprint density at radius 1 is 1.05 bits per heavy atom. The topological polar surface area (TPSA) is 17.1 Å². The number of rotatable bonds is 6. The lowest BCUT2D eigenvalue weighted by Gasteiger charge is -2.38. The molecule has 0 spiro atoms. The van der Waals surface area contributed by atoms with Crippen LogP contribution in [0.1, 0.15) is 77.0 Å². The highest BCUT2D eigenvalue weighted by Gasteiger charge is 2.34. The monoisotopic (exact) mass is 286 g/mol. The van der Waals surface area contributed by atoms with Crippen molar-refractivity contribution in [1.82, 2.24) is 0 Å². The molecule has 0 amide bonds. The summed E-state index contributed by atoms with van der Waals surface area (Å²) in [5.74, 6) is 2.84. The summed E-state index contributed by atoms with van der Waals surface area (Å²) in [6.07, 6.45) is 21.5. The molecule has 3 aliphatic rings. The van der Waals surface area contributed by atoms with Gasteiger partial charge in [-0.25, -0.2) is 0 Å². The maximum absolute atomic E-state index is 12.4. The number of carbonyl (C=O) groups is 1. The van der Waals surface area contributed by atoms with E-state index in [1.54, 1.807) is 5.57 Å². The molecule has 2 fully saturated rings. The van der Waals surface area contributed by atoms with Gasteiger partial charge in [-0.2, -0.15) is 0 Å². The van der Waals surface area contributed by atoms with Gasteiger partial charge in [-0.05, 0) is 56.8 Å². The molecule has 3 aliphatic carbocycles. The number of fused-ring (bicyclic) bond motifs is 1. The normalized spacial score (nSPS) is 31.8. The van der Waals surface area contributed by atoms with E-state index < -0.39 is 0 Å². The Labute approximate surface area is 129 Å². The molecule has 3 unspecified atom stereocenters. The lowest BCUT2D eigenvalue weighted by Crippen LogP contribution is -2.31. The van der Waals surface area contributed by atoms with Crippen molar-refractivity contribution in [2.24, 2.45) is 17.8 Å². The summed E-state index contributed by atoms with van der Waals surface area (Å²) >= 11 is 0. The van der Waals surface area contributed by atoms with Crippen LogP contribution in [0.2, 0.25) is 0 Å². The molecule has 0 radical (unpaired) electrons. The van der Waals surface area contributed by atoms with Crippen LogP contribution < -0.4 is 0 Å². The number of unbranched alkanes of at least 4 members (excludes halogenated alkanes) is 1. The van der Waals surface area contributed by atoms with E-state index in [9.17, 15) is 4.79 Å². The van der Waals surface area contributed by atoms with Gasteiger partial charge in [-0.3, -0.25) is 4.79 Å². The third kappa shape index (κ3) is 4.08. The molecule has 0 aromatic rings. The molecule has 116 valence electrons. The van der Waals surface area contributed by atoms with Gasteiger partial charge in [0, 0.05) is 12.3 Å². The molecule has 0 aromatic carbocycles. The highest BCUT2D eigenvalue weighted by Crippen LogP contribution is 2.43. The predicted molar refractivity (Wildman–Crippen MR) is 88.1 cm³/mol. The summed E-state index contributed by atoms with van der Waals surface area (Å²) in [5, 5.41) is 0. The third-order valence-corrected chi connectivity index (χ3v) is 6.01. The SMILES string of the molecule is O=C(CCCCC1=CC=CC1)C1CCC2CCCCC2C1. The lowest BCUT2D eigenvalue weighted by atomic mass is 9.66. The first-order valence-corrected chi connectivity index (χ1v) is 9.20. The highest BCUT2D eigenvalue weighted by molar-refractivity contribution is 5.81. The van der Waals surface area contributed by atoms with Crippen molar-refractivity contribution in [3.05, 3.63) is 23.8 Å². The molecule has 1 heteroatoms. The largest absolute Gasteiger partial charge is 0.299 e. The van der Waals surface area contributed by atoms with Crippen LogP contribution in [-0.4, -0.2) is 5.78 Å². The van der Waals surface area contributed by atoms with Crippen molar-refractivity contribution in [1.29, 1.82) is 0 Å². The number of carbonyl (C=O) groups excluding carboxylic acids is 1. The van der Waals surface area contributed by atoms with Crippen LogP contribution in [0.15, 0.2) is 23.8 Å². The predicted octanol–water partition coefficient (Wildman–Crippen LogP) is 5.61. The first-order valence-electron chi connectivity index (χ1n) is 9.20. The molecule has 3 atom stereocenters. The van der Waals surface area contributed by atoms with E-state index in [0.29, 0.717) is 11.7 Å². The number of hydrogen-bond acceptors (Lipinski definition) is 1. The average molecular weight is 286 g/mol. The minimum absolute atomic E-state index is 0.414.